The Labute approximate surface area is 178 Å². The number of hydrogen-bond acceptors (Lipinski definition) is 4. The number of piperazine rings is 1. The fourth-order valence-corrected chi connectivity index (χ4v) is 4.09. The Morgan fingerprint density at radius 3 is 2.41 bits per heavy atom. The largest absolute Gasteiger partial charge is 0.336 e. The molecular formula is C21H20ClF2N3OS. The SMILES string of the molecule is Cl.O=C(c1cccc(F)c1)N1CCN(Cc2nc(-c3ccc(F)cc3)cs2)CC1. The molecule has 0 spiro atoms. The Kier molecular flexibility index (Phi) is 6.95. The Morgan fingerprint density at radius 2 is 1.72 bits per heavy atom. The Balaban J connectivity index is 0.00000240. The van der Waals surface area contributed by atoms with Crippen molar-refractivity contribution in [3.05, 3.63) is 76.1 Å². The average Bonchev–Trinajstić information content (AvgIpc) is 3.17. The summed E-state index contributed by atoms with van der Waals surface area (Å²) >= 11 is 1.58. The number of hydrogen-bond donors (Lipinski definition) is 0. The molecule has 0 radical (unpaired) electrons. The van der Waals surface area contributed by atoms with E-state index < -0.39 is 5.82 Å². The zero-order valence-corrected chi connectivity index (χ0v) is 17.2. The first-order chi connectivity index (χ1) is 13.6. The summed E-state index contributed by atoms with van der Waals surface area (Å²) in [5.41, 5.74) is 2.13. The van der Waals surface area contributed by atoms with Crippen LogP contribution in [0.2, 0.25) is 0 Å². The standard InChI is InChI=1S/C21H19F2N3OS.ClH/c22-17-6-4-15(5-7-17)19-14-28-20(24-19)13-25-8-10-26(11-9-25)21(27)16-2-1-3-18(23)12-16;/h1-7,12,14H,8-11,13H2;1H. The number of nitrogens with zero attached hydrogens (tertiary/aromatic N) is 3. The molecule has 2 heterocycles. The number of aromatic nitrogens is 1. The summed E-state index contributed by atoms with van der Waals surface area (Å²) in [6.45, 7) is 3.41. The van der Waals surface area contributed by atoms with Crippen LogP contribution in [0.5, 0.6) is 0 Å². The van der Waals surface area contributed by atoms with Crippen molar-refractivity contribution in [2.45, 2.75) is 6.54 Å². The van der Waals surface area contributed by atoms with E-state index in [0.717, 1.165) is 29.4 Å². The maximum absolute atomic E-state index is 13.3. The van der Waals surface area contributed by atoms with E-state index in [1.807, 2.05) is 5.38 Å². The number of benzene rings is 2. The maximum atomic E-state index is 13.3. The molecule has 1 aromatic heterocycles. The van der Waals surface area contributed by atoms with Crippen LogP contribution in [-0.2, 0) is 6.54 Å². The lowest BCUT2D eigenvalue weighted by atomic mass is 10.1. The van der Waals surface area contributed by atoms with Crippen molar-refractivity contribution >= 4 is 29.7 Å². The third-order valence-corrected chi connectivity index (χ3v) is 5.62. The molecule has 3 aromatic rings. The molecule has 1 aliphatic heterocycles. The van der Waals surface area contributed by atoms with E-state index in [9.17, 15) is 13.6 Å². The molecule has 8 heteroatoms. The minimum absolute atomic E-state index is 0. The first kappa shape index (κ1) is 21.4. The van der Waals surface area contributed by atoms with E-state index in [1.54, 1.807) is 40.5 Å². The van der Waals surface area contributed by atoms with E-state index in [4.69, 9.17) is 0 Å². The Hall–Kier alpha value is -2.35. The average molecular weight is 436 g/mol. The molecule has 0 N–H and O–H groups in total. The second kappa shape index (κ2) is 9.43. The third-order valence-electron chi connectivity index (χ3n) is 4.78. The lowest BCUT2D eigenvalue weighted by molar-refractivity contribution is 0.0628. The van der Waals surface area contributed by atoms with Gasteiger partial charge in [-0.1, -0.05) is 6.07 Å². The van der Waals surface area contributed by atoms with Gasteiger partial charge in [0.2, 0.25) is 0 Å². The molecule has 0 atom stereocenters. The van der Waals surface area contributed by atoms with Crippen LogP contribution in [-0.4, -0.2) is 46.9 Å². The van der Waals surface area contributed by atoms with Gasteiger partial charge in [-0.15, -0.1) is 23.7 Å². The van der Waals surface area contributed by atoms with E-state index in [0.29, 0.717) is 25.2 Å². The topological polar surface area (TPSA) is 36.4 Å². The van der Waals surface area contributed by atoms with Crippen LogP contribution < -0.4 is 0 Å². The fraction of sp³-hybridized carbons (Fsp3) is 0.238. The van der Waals surface area contributed by atoms with Crippen molar-refractivity contribution in [2.75, 3.05) is 26.2 Å². The fourth-order valence-electron chi connectivity index (χ4n) is 3.24. The zero-order valence-electron chi connectivity index (χ0n) is 15.6. The molecule has 1 aliphatic rings. The highest BCUT2D eigenvalue weighted by Crippen LogP contribution is 2.23. The van der Waals surface area contributed by atoms with E-state index in [-0.39, 0.29) is 24.1 Å². The van der Waals surface area contributed by atoms with Crippen molar-refractivity contribution in [3.63, 3.8) is 0 Å². The highest BCUT2D eigenvalue weighted by molar-refractivity contribution is 7.09. The molecule has 152 valence electrons. The van der Waals surface area contributed by atoms with Crippen molar-refractivity contribution in [1.29, 1.82) is 0 Å². The summed E-state index contributed by atoms with van der Waals surface area (Å²) in [5.74, 6) is -0.790. The molecule has 4 rings (SSSR count). The quantitative estimate of drug-likeness (QED) is 0.606. The summed E-state index contributed by atoms with van der Waals surface area (Å²) in [4.78, 5) is 21.2. The first-order valence-corrected chi connectivity index (χ1v) is 9.94. The molecule has 0 bridgehead atoms. The van der Waals surface area contributed by atoms with Gasteiger partial charge in [-0.3, -0.25) is 9.69 Å². The van der Waals surface area contributed by atoms with Gasteiger partial charge in [0.15, 0.2) is 0 Å². The smallest absolute Gasteiger partial charge is 0.254 e. The minimum Gasteiger partial charge on any atom is -0.336 e. The summed E-state index contributed by atoms with van der Waals surface area (Å²) < 4.78 is 26.4. The van der Waals surface area contributed by atoms with Crippen LogP contribution in [0, 0.1) is 11.6 Å². The number of carbonyl (C=O) groups excluding carboxylic acids is 1. The number of halogens is 3. The van der Waals surface area contributed by atoms with Crippen LogP contribution in [0.4, 0.5) is 8.78 Å². The van der Waals surface area contributed by atoms with Gasteiger partial charge in [-0.25, -0.2) is 13.8 Å². The molecule has 1 fully saturated rings. The van der Waals surface area contributed by atoms with E-state index in [2.05, 4.69) is 9.88 Å². The molecule has 1 saturated heterocycles. The van der Waals surface area contributed by atoms with Crippen LogP contribution in [0.15, 0.2) is 53.9 Å². The molecule has 29 heavy (non-hydrogen) atoms. The lowest BCUT2D eigenvalue weighted by Gasteiger charge is -2.34. The van der Waals surface area contributed by atoms with Gasteiger partial charge >= 0.3 is 0 Å². The number of carbonyl (C=O) groups is 1. The van der Waals surface area contributed by atoms with Crippen LogP contribution in [0.3, 0.4) is 0 Å². The van der Waals surface area contributed by atoms with Gasteiger partial charge < -0.3 is 4.90 Å². The molecular weight excluding hydrogens is 416 g/mol. The van der Waals surface area contributed by atoms with Gasteiger partial charge in [0.05, 0.1) is 12.2 Å². The van der Waals surface area contributed by atoms with Gasteiger partial charge in [-0.2, -0.15) is 0 Å². The monoisotopic (exact) mass is 435 g/mol. The molecule has 2 aromatic carbocycles. The zero-order chi connectivity index (χ0) is 19.5. The van der Waals surface area contributed by atoms with Gasteiger partial charge in [0.25, 0.3) is 5.91 Å². The molecule has 1 amide bonds. The van der Waals surface area contributed by atoms with Gasteiger partial charge in [0, 0.05) is 42.7 Å². The van der Waals surface area contributed by atoms with Crippen molar-refractivity contribution in [2.24, 2.45) is 0 Å². The van der Waals surface area contributed by atoms with Gasteiger partial charge in [-0.05, 0) is 42.5 Å². The number of amides is 1. The second-order valence-corrected chi connectivity index (χ2v) is 7.65. The van der Waals surface area contributed by atoms with Crippen LogP contribution in [0.25, 0.3) is 11.3 Å². The third kappa shape index (κ3) is 5.18. The van der Waals surface area contributed by atoms with E-state index >= 15 is 0 Å². The summed E-state index contributed by atoms with van der Waals surface area (Å²) in [6.07, 6.45) is 0. The molecule has 4 nitrogen and oxygen atoms in total. The Bertz CT molecular complexity index is 972. The molecule has 0 unspecified atom stereocenters. The summed E-state index contributed by atoms with van der Waals surface area (Å²) in [6, 6.07) is 12.1. The predicted molar refractivity (Wildman–Crippen MR) is 112 cm³/mol. The van der Waals surface area contributed by atoms with E-state index in [1.165, 1.54) is 24.3 Å². The number of rotatable bonds is 4. The maximum Gasteiger partial charge on any atom is 0.254 e. The lowest BCUT2D eigenvalue weighted by Crippen LogP contribution is -2.48. The van der Waals surface area contributed by atoms with Gasteiger partial charge in [0.1, 0.15) is 16.6 Å². The number of thiazole rings is 1. The molecule has 0 saturated carbocycles. The van der Waals surface area contributed by atoms with Crippen molar-refractivity contribution in [3.8, 4) is 11.3 Å². The molecule has 0 aliphatic carbocycles. The highest BCUT2D eigenvalue weighted by Gasteiger charge is 2.23. The summed E-state index contributed by atoms with van der Waals surface area (Å²) in [5, 5.41) is 2.97. The van der Waals surface area contributed by atoms with Crippen LogP contribution >= 0.6 is 23.7 Å². The highest BCUT2D eigenvalue weighted by atomic mass is 35.5. The minimum atomic E-state index is -0.398. The van der Waals surface area contributed by atoms with Crippen LogP contribution in [0.1, 0.15) is 15.4 Å². The van der Waals surface area contributed by atoms with Crippen molar-refractivity contribution in [1.82, 2.24) is 14.8 Å². The Morgan fingerprint density at radius 1 is 1.00 bits per heavy atom. The second-order valence-electron chi connectivity index (χ2n) is 6.71. The summed E-state index contributed by atoms with van der Waals surface area (Å²) in [7, 11) is 0. The predicted octanol–water partition coefficient (Wildman–Crippen LogP) is 4.47. The first-order valence-electron chi connectivity index (χ1n) is 9.06. The van der Waals surface area contributed by atoms with Crippen molar-refractivity contribution < 1.29 is 13.6 Å². The normalized spacial score (nSPS) is 14.5.